The average Bonchev–Trinajstić information content (AvgIpc) is 2.89. The van der Waals surface area contributed by atoms with E-state index in [2.05, 4.69) is 4.72 Å². The summed E-state index contributed by atoms with van der Waals surface area (Å²) in [4.78, 5) is 12.8. The number of sulfonamides is 1. The van der Waals surface area contributed by atoms with E-state index in [4.69, 9.17) is 0 Å². The molecule has 0 unspecified atom stereocenters. The first-order chi connectivity index (χ1) is 13.2. The standard InChI is InChI=1S/C21H21FN2O3S/c1-14-11-18(24(2)20(14)21(25)15-7-5-4-6-8-15)12-16-9-10-17(13-19(16)22)23-28(3,26)27/h4-11,13,23H,12H2,1-3H3. The summed E-state index contributed by atoms with van der Waals surface area (Å²) in [6.45, 7) is 1.86. The van der Waals surface area contributed by atoms with E-state index in [9.17, 15) is 17.6 Å². The lowest BCUT2D eigenvalue weighted by atomic mass is 10.1. The van der Waals surface area contributed by atoms with Crippen LogP contribution in [0.2, 0.25) is 0 Å². The van der Waals surface area contributed by atoms with Crippen LogP contribution in [-0.2, 0) is 23.5 Å². The Morgan fingerprint density at radius 1 is 1.11 bits per heavy atom. The van der Waals surface area contributed by atoms with Crippen LogP contribution in [0.5, 0.6) is 0 Å². The summed E-state index contributed by atoms with van der Waals surface area (Å²) in [6, 6.07) is 15.1. The number of hydrogen-bond donors (Lipinski definition) is 1. The number of aryl methyl sites for hydroxylation is 1. The largest absolute Gasteiger partial charge is 0.344 e. The normalized spacial score (nSPS) is 11.4. The number of nitrogens with zero attached hydrogens (tertiary/aromatic N) is 1. The highest BCUT2D eigenvalue weighted by Gasteiger charge is 2.19. The number of rotatable bonds is 6. The fraction of sp³-hybridized carbons (Fsp3) is 0.190. The molecule has 0 radical (unpaired) electrons. The quantitative estimate of drug-likeness (QED) is 0.642. The van der Waals surface area contributed by atoms with Gasteiger partial charge < -0.3 is 4.57 Å². The lowest BCUT2D eigenvalue weighted by Gasteiger charge is -2.10. The molecule has 0 atom stereocenters. The van der Waals surface area contributed by atoms with E-state index in [1.54, 1.807) is 29.8 Å². The second-order valence-electron chi connectivity index (χ2n) is 6.78. The van der Waals surface area contributed by atoms with Crippen molar-refractivity contribution in [1.82, 2.24) is 4.57 Å². The van der Waals surface area contributed by atoms with Crippen molar-refractivity contribution in [2.75, 3.05) is 11.0 Å². The Bertz CT molecular complexity index is 1140. The maximum absolute atomic E-state index is 14.5. The van der Waals surface area contributed by atoms with E-state index >= 15 is 0 Å². The molecule has 1 N–H and O–H groups in total. The number of nitrogens with one attached hydrogen (secondary N) is 1. The van der Waals surface area contributed by atoms with E-state index < -0.39 is 15.8 Å². The van der Waals surface area contributed by atoms with Crippen LogP contribution in [0, 0.1) is 12.7 Å². The Morgan fingerprint density at radius 3 is 2.39 bits per heavy atom. The van der Waals surface area contributed by atoms with Crippen LogP contribution >= 0.6 is 0 Å². The third-order valence-corrected chi connectivity index (χ3v) is 5.11. The molecule has 0 bridgehead atoms. The Kier molecular flexibility index (Phi) is 5.38. The summed E-state index contributed by atoms with van der Waals surface area (Å²) in [5.41, 5.74) is 3.37. The molecule has 0 saturated heterocycles. The van der Waals surface area contributed by atoms with Gasteiger partial charge in [-0.1, -0.05) is 36.4 Å². The minimum Gasteiger partial charge on any atom is -0.344 e. The fourth-order valence-corrected chi connectivity index (χ4v) is 3.77. The number of carbonyl (C=O) groups excluding carboxylic acids is 1. The van der Waals surface area contributed by atoms with Crippen molar-refractivity contribution in [1.29, 1.82) is 0 Å². The van der Waals surface area contributed by atoms with Gasteiger partial charge in [-0.15, -0.1) is 0 Å². The lowest BCUT2D eigenvalue weighted by Crippen LogP contribution is -2.11. The summed E-state index contributed by atoms with van der Waals surface area (Å²) >= 11 is 0. The lowest BCUT2D eigenvalue weighted by molar-refractivity contribution is 0.103. The first-order valence-corrected chi connectivity index (χ1v) is 10.6. The molecule has 3 rings (SSSR count). The van der Waals surface area contributed by atoms with Crippen LogP contribution in [0.15, 0.2) is 54.6 Å². The number of hydrogen-bond acceptors (Lipinski definition) is 3. The molecule has 7 heteroatoms. The minimum absolute atomic E-state index is 0.0833. The highest BCUT2D eigenvalue weighted by Crippen LogP contribution is 2.23. The summed E-state index contributed by atoms with van der Waals surface area (Å²) in [7, 11) is -1.68. The van der Waals surface area contributed by atoms with Crippen LogP contribution in [0.4, 0.5) is 10.1 Å². The zero-order valence-electron chi connectivity index (χ0n) is 15.9. The Hall–Kier alpha value is -2.93. The number of benzene rings is 2. The molecule has 0 fully saturated rings. The molecule has 1 aromatic heterocycles. The Labute approximate surface area is 163 Å². The highest BCUT2D eigenvalue weighted by atomic mass is 32.2. The predicted octanol–water partition coefficient (Wildman–Crippen LogP) is 3.67. The van der Waals surface area contributed by atoms with Crippen molar-refractivity contribution in [3.63, 3.8) is 0 Å². The van der Waals surface area contributed by atoms with Gasteiger partial charge >= 0.3 is 0 Å². The zero-order valence-corrected chi connectivity index (χ0v) is 16.7. The van der Waals surface area contributed by atoms with E-state index in [0.29, 0.717) is 16.8 Å². The fourth-order valence-electron chi connectivity index (χ4n) is 3.21. The summed E-state index contributed by atoms with van der Waals surface area (Å²) in [5.74, 6) is -0.594. The van der Waals surface area contributed by atoms with Gasteiger partial charge in [0.2, 0.25) is 15.8 Å². The SMILES string of the molecule is Cc1cc(Cc2ccc(NS(C)(=O)=O)cc2F)n(C)c1C(=O)c1ccccc1. The molecular weight excluding hydrogens is 379 g/mol. The molecule has 5 nitrogen and oxygen atoms in total. The molecule has 0 aliphatic rings. The van der Waals surface area contributed by atoms with Crippen LogP contribution < -0.4 is 4.72 Å². The van der Waals surface area contributed by atoms with Gasteiger partial charge in [-0.05, 0) is 36.2 Å². The maximum Gasteiger partial charge on any atom is 0.229 e. The van der Waals surface area contributed by atoms with Crippen LogP contribution in [0.1, 0.15) is 32.9 Å². The molecule has 2 aromatic carbocycles. The third kappa shape index (κ3) is 4.31. The Morgan fingerprint density at radius 2 is 1.79 bits per heavy atom. The van der Waals surface area contributed by atoms with Crippen molar-refractivity contribution in [3.8, 4) is 0 Å². The van der Waals surface area contributed by atoms with Crippen molar-refractivity contribution in [3.05, 3.63) is 88.5 Å². The van der Waals surface area contributed by atoms with E-state index in [0.717, 1.165) is 23.6 Å². The van der Waals surface area contributed by atoms with Gasteiger partial charge in [-0.3, -0.25) is 9.52 Å². The summed E-state index contributed by atoms with van der Waals surface area (Å²) < 4.78 is 41.1. The number of carbonyl (C=O) groups is 1. The predicted molar refractivity (Wildman–Crippen MR) is 108 cm³/mol. The summed E-state index contributed by atoms with van der Waals surface area (Å²) in [6.07, 6.45) is 1.29. The van der Waals surface area contributed by atoms with Crippen LogP contribution in [0.3, 0.4) is 0 Å². The van der Waals surface area contributed by atoms with Gasteiger partial charge in [0.15, 0.2) is 0 Å². The number of ketones is 1. The molecule has 1 heterocycles. The van der Waals surface area contributed by atoms with E-state index in [-0.39, 0.29) is 17.9 Å². The van der Waals surface area contributed by atoms with Crippen molar-refractivity contribution < 1.29 is 17.6 Å². The van der Waals surface area contributed by atoms with Crippen LogP contribution in [-0.4, -0.2) is 25.0 Å². The molecule has 0 spiro atoms. The first-order valence-electron chi connectivity index (χ1n) is 8.67. The summed E-state index contributed by atoms with van der Waals surface area (Å²) in [5, 5.41) is 0. The molecule has 0 amide bonds. The second-order valence-corrected chi connectivity index (χ2v) is 8.53. The van der Waals surface area contributed by atoms with E-state index in [1.807, 2.05) is 31.2 Å². The minimum atomic E-state index is -3.47. The molecule has 0 aliphatic heterocycles. The van der Waals surface area contributed by atoms with Crippen molar-refractivity contribution in [2.45, 2.75) is 13.3 Å². The number of halogens is 1. The van der Waals surface area contributed by atoms with Crippen molar-refractivity contribution >= 4 is 21.5 Å². The topological polar surface area (TPSA) is 68.2 Å². The first kappa shape index (κ1) is 19.8. The number of anilines is 1. The number of aromatic nitrogens is 1. The van der Waals surface area contributed by atoms with Gasteiger partial charge in [0.05, 0.1) is 17.6 Å². The molecule has 3 aromatic rings. The van der Waals surface area contributed by atoms with Gasteiger partial charge in [-0.25, -0.2) is 12.8 Å². The van der Waals surface area contributed by atoms with Gasteiger partial charge in [0.25, 0.3) is 0 Å². The smallest absolute Gasteiger partial charge is 0.229 e. The average molecular weight is 400 g/mol. The monoisotopic (exact) mass is 400 g/mol. The maximum atomic E-state index is 14.5. The van der Waals surface area contributed by atoms with Crippen LogP contribution in [0.25, 0.3) is 0 Å². The zero-order chi connectivity index (χ0) is 20.5. The molecule has 28 heavy (non-hydrogen) atoms. The second kappa shape index (κ2) is 7.59. The molecule has 0 aliphatic carbocycles. The van der Waals surface area contributed by atoms with Gasteiger partial charge in [0.1, 0.15) is 5.82 Å². The van der Waals surface area contributed by atoms with Crippen molar-refractivity contribution in [2.24, 2.45) is 7.05 Å². The van der Waals surface area contributed by atoms with E-state index in [1.165, 1.54) is 6.07 Å². The van der Waals surface area contributed by atoms with Gasteiger partial charge in [0, 0.05) is 24.7 Å². The van der Waals surface area contributed by atoms with Gasteiger partial charge in [-0.2, -0.15) is 0 Å². The Balaban J connectivity index is 1.89. The third-order valence-electron chi connectivity index (χ3n) is 4.50. The molecular formula is C21H21FN2O3S. The highest BCUT2D eigenvalue weighted by molar-refractivity contribution is 7.92. The molecule has 146 valence electrons. The molecule has 0 saturated carbocycles.